The molecule has 1 rings (SSSR count). The monoisotopic (exact) mass is 329 g/mol. The van der Waals surface area contributed by atoms with Crippen LogP contribution in [-0.4, -0.2) is 29.8 Å². The number of rotatable bonds is 4. The van der Waals surface area contributed by atoms with Crippen molar-refractivity contribution >= 4 is 17.2 Å². The van der Waals surface area contributed by atoms with Crippen LogP contribution in [0.15, 0.2) is 35.3 Å². The van der Waals surface area contributed by atoms with Crippen molar-refractivity contribution in [3.63, 3.8) is 0 Å². The molecule has 126 valence electrons. The first-order valence-electron chi connectivity index (χ1n) is 6.72. The van der Waals surface area contributed by atoms with E-state index in [0.29, 0.717) is 11.9 Å². The minimum atomic E-state index is -4.83. The van der Waals surface area contributed by atoms with Crippen LogP contribution in [0.4, 0.5) is 24.5 Å². The molecule has 0 radical (unpaired) electrons. The van der Waals surface area contributed by atoms with Crippen LogP contribution in [0.25, 0.3) is 0 Å². The molecule has 1 atom stereocenters. The maximum atomic E-state index is 13.0. The summed E-state index contributed by atoms with van der Waals surface area (Å²) in [4.78, 5) is 15.6. The van der Waals surface area contributed by atoms with Crippen molar-refractivity contribution in [3.05, 3.63) is 46.0 Å². The molecule has 23 heavy (non-hydrogen) atoms. The van der Waals surface area contributed by atoms with E-state index in [1.54, 1.807) is 25.9 Å². The minimum absolute atomic E-state index is 0.000255. The number of nitrogens with zero attached hydrogens (tertiary/aromatic N) is 3. The van der Waals surface area contributed by atoms with Gasteiger partial charge in [0.05, 0.1) is 10.6 Å². The predicted octanol–water partition coefficient (Wildman–Crippen LogP) is 4.42. The second-order valence-electron chi connectivity index (χ2n) is 5.39. The number of aliphatic imine (C=N–C) groups is 1. The van der Waals surface area contributed by atoms with Crippen molar-refractivity contribution in [1.82, 2.24) is 4.90 Å². The highest BCUT2D eigenvalue weighted by molar-refractivity contribution is 5.88. The van der Waals surface area contributed by atoms with Gasteiger partial charge < -0.3 is 4.90 Å². The Morgan fingerprint density at radius 3 is 2.35 bits per heavy atom. The van der Waals surface area contributed by atoms with Gasteiger partial charge in [0.2, 0.25) is 0 Å². The molecule has 0 saturated heterocycles. The van der Waals surface area contributed by atoms with Gasteiger partial charge in [0.25, 0.3) is 5.69 Å². The van der Waals surface area contributed by atoms with Crippen molar-refractivity contribution < 1.29 is 18.1 Å². The average molecular weight is 329 g/mol. The average Bonchev–Trinajstić information content (AvgIpc) is 2.42. The summed E-state index contributed by atoms with van der Waals surface area (Å²) in [5.41, 5.74) is -1.50. The molecule has 0 aliphatic carbocycles. The molecule has 1 aromatic rings. The summed E-state index contributed by atoms with van der Waals surface area (Å²) in [5, 5.41) is 10.8. The molecule has 0 aromatic heterocycles. The quantitative estimate of drug-likeness (QED) is 0.270. The van der Waals surface area contributed by atoms with Gasteiger partial charge >= 0.3 is 6.18 Å². The van der Waals surface area contributed by atoms with Crippen LogP contribution in [0.1, 0.15) is 19.4 Å². The van der Waals surface area contributed by atoms with Crippen LogP contribution >= 0.6 is 0 Å². The molecule has 8 heteroatoms. The summed E-state index contributed by atoms with van der Waals surface area (Å²) < 4.78 is 39.0. The van der Waals surface area contributed by atoms with Crippen LogP contribution < -0.4 is 0 Å². The van der Waals surface area contributed by atoms with Crippen molar-refractivity contribution in [2.75, 3.05) is 14.1 Å². The molecule has 0 aliphatic heterocycles. The third-order valence-corrected chi connectivity index (χ3v) is 3.31. The standard InChI is InChI=1S/C15H18F3N3O2/c1-9(2)10(3)14(20(4)5)19-11-6-7-13(21(22)23)12(8-11)15(16,17)18/h6-8,10H,1H2,2-5H3. The fourth-order valence-electron chi connectivity index (χ4n) is 1.92. The normalized spacial score (nSPS) is 13.6. The Morgan fingerprint density at radius 1 is 1.39 bits per heavy atom. The summed E-state index contributed by atoms with van der Waals surface area (Å²) in [5.74, 6) is 0.342. The highest BCUT2D eigenvalue weighted by atomic mass is 19.4. The van der Waals surface area contributed by atoms with Gasteiger partial charge in [0.1, 0.15) is 11.4 Å². The molecule has 0 aliphatic rings. The molecule has 0 N–H and O–H groups in total. The van der Waals surface area contributed by atoms with Crippen LogP contribution in [-0.2, 0) is 6.18 Å². The highest BCUT2D eigenvalue weighted by Gasteiger charge is 2.38. The van der Waals surface area contributed by atoms with Crippen molar-refractivity contribution in [3.8, 4) is 0 Å². The van der Waals surface area contributed by atoms with Crippen molar-refractivity contribution in [2.45, 2.75) is 20.0 Å². The van der Waals surface area contributed by atoms with E-state index in [9.17, 15) is 23.3 Å². The number of amidine groups is 1. The molecule has 5 nitrogen and oxygen atoms in total. The maximum absolute atomic E-state index is 13.0. The second-order valence-corrected chi connectivity index (χ2v) is 5.39. The largest absolute Gasteiger partial charge is 0.423 e. The van der Waals surface area contributed by atoms with Gasteiger partial charge in [-0.1, -0.05) is 19.1 Å². The molecular weight excluding hydrogens is 311 g/mol. The van der Waals surface area contributed by atoms with Crippen LogP contribution in [0.2, 0.25) is 0 Å². The first kappa shape index (κ1) is 18.7. The number of halogens is 3. The van der Waals surface area contributed by atoms with Crippen molar-refractivity contribution in [2.24, 2.45) is 10.9 Å². The molecule has 0 spiro atoms. The third-order valence-electron chi connectivity index (χ3n) is 3.31. The van der Waals surface area contributed by atoms with Gasteiger partial charge in [-0.25, -0.2) is 4.99 Å². The lowest BCUT2D eigenvalue weighted by Crippen LogP contribution is -2.28. The Labute approximate surface area is 132 Å². The lowest BCUT2D eigenvalue weighted by atomic mass is 10.0. The Balaban J connectivity index is 3.46. The number of benzene rings is 1. The SMILES string of the molecule is C=C(C)C(C)C(=Nc1ccc([N+](=O)[O-])c(C(F)(F)F)c1)N(C)C. The fraction of sp³-hybridized carbons (Fsp3) is 0.400. The van der Waals surface area contributed by atoms with Gasteiger partial charge in [-0.3, -0.25) is 10.1 Å². The minimum Gasteiger partial charge on any atom is -0.366 e. The van der Waals surface area contributed by atoms with Crippen LogP contribution in [0, 0.1) is 16.0 Å². The lowest BCUT2D eigenvalue weighted by Gasteiger charge is -2.22. The molecule has 0 amide bonds. The van der Waals surface area contributed by atoms with Gasteiger partial charge in [-0.15, -0.1) is 0 Å². The van der Waals surface area contributed by atoms with E-state index < -0.39 is 22.4 Å². The van der Waals surface area contributed by atoms with Gasteiger partial charge in [-0.2, -0.15) is 13.2 Å². The number of nitro benzene ring substituents is 1. The summed E-state index contributed by atoms with van der Waals surface area (Å²) in [7, 11) is 3.43. The number of alkyl halides is 3. The molecule has 0 fully saturated rings. The van der Waals surface area contributed by atoms with Gasteiger partial charge in [-0.05, 0) is 19.1 Å². The summed E-state index contributed by atoms with van der Waals surface area (Å²) >= 11 is 0. The summed E-state index contributed by atoms with van der Waals surface area (Å²) in [6, 6.07) is 2.70. The Bertz CT molecular complexity index is 652. The number of nitro groups is 1. The fourth-order valence-corrected chi connectivity index (χ4v) is 1.92. The Hall–Kier alpha value is -2.38. The summed E-state index contributed by atoms with van der Waals surface area (Å²) in [6.45, 7) is 7.44. The van der Waals surface area contributed by atoms with Gasteiger partial charge in [0, 0.05) is 26.1 Å². The first-order valence-corrected chi connectivity index (χ1v) is 6.72. The predicted molar refractivity (Wildman–Crippen MR) is 82.9 cm³/mol. The van der Waals surface area contributed by atoms with E-state index >= 15 is 0 Å². The molecule has 0 bridgehead atoms. The lowest BCUT2D eigenvalue weighted by molar-refractivity contribution is -0.388. The number of hydrogen-bond acceptors (Lipinski definition) is 3. The molecule has 1 unspecified atom stereocenters. The van der Waals surface area contributed by atoms with Crippen LogP contribution in [0.3, 0.4) is 0 Å². The Morgan fingerprint density at radius 2 is 1.96 bits per heavy atom. The van der Waals surface area contributed by atoms with E-state index in [2.05, 4.69) is 11.6 Å². The first-order chi connectivity index (χ1) is 10.4. The zero-order valence-corrected chi connectivity index (χ0v) is 13.3. The zero-order chi connectivity index (χ0) is 17.9. The van der Waals surface area contributed by atoms with E-state index in [4.69, 9.17) is 0 Å². The maximum Gasteiger partial charge on any atom is 0.423 e. The van der Waals surface area contributed by atoms with Crippen molar-refractivity contribution in [1.29, 1.82) is 0 Å². The smallest absolute Gasteiger partial charge is 0.366 e. The highest BCUT2D eigenvalue weighted by Crippen LogP contribution is 2.38. The molecule has 1 aromatic carbocycles. The van der Waals surface area contributed by atoms with E-state index in [0.717, 1.165) is 11.6 Å². The molecule has 0 saturated carbocycles. The van der Waals surface area contributed by atoms with E-state index in [1.165, 1.54) is 6.07 Å². The van der Waals surface area contributed by atoms with Crippen LogP contribution in [0.5, 0.6) is 0 Å². The molecule has 0 heterocycles. The molecular formula is C15H18F3N3O2. The second kappa shape index (κ2) is 6.80. The third kappa shape index (κ3) is 4.54. The van der Waals surface area contributed by atoms with E-state index in [1.807, 2.05) is 6.92 Å². The summed E-state index contributed by atoms with van der Waals surface area (Å²) in [6.07, 6.45) is -4.83. The van der Waals surface area contributed by atoms with E-state index in [-0.39, 0.29) is 11.6 Å². The topological polar surface area (TPSA) is 58.7 Å². The number of hydrogen-bond donors (Lipinski definition) is 0. The van der Waals surface area contributed by atoms with Gasteiger partial charge in [0.15, 0.2) is 0 Å². The zero-order valence-electron chi connectivity index (χ0n) is 13.3. The Kier molecular flexibility index (Phi) is 5.52.